The standard InChI is InChI=1S/C8H14O2/c1-2-3-4-5-7-6-10-8(7)9/h7H,2-6H2,1H3. The lowest BCUT2D eigenvalue weighted by atomic mass is 9.99. The van der Waals surface area contributed by atoms with Gasteiger partial charge in [0.2, 0.25) is 0 Å². The van der Waals surface area contributed by atoms with Crippen molar-refractivity contribution in [3.8, 4) is 0 Å². The van der Waals surface area contributed by atoms with Crippen molar-refractivity contribution in [1.29, 1.82) is 0 Å². The summed E-state index contributed by atoms with van der Waals surface area (Å²) >= 11 is 0. The molecule has 2 nitrogen and oxygen atoms in total. The number of rotatable bonds is 4. The van der Waals surface area contributed by atoms with E-state index in [9.17, 15) is 4.79 Å². The highest BCUT2D eigenvalue weighted by atomic mass is 16.6. The smallest absolute Gasteiger partial charge is 0.312 e. The number of esters is 1. The third kappa shape index (κ3) is 1.72. The Morgan fingerprint density at radius 2 is 2.40 bits per heavy atom. The molecule has 1 rings (SSSR count). The molecule has 0 radical (unpaired) electrons. The van der Waals surface area contributed by atoms with E-state index in [0.717, 1.165) is 6.42 Å². The number of carbonyl (C=O) groups is 1. The first-order chi connectivity index (χ1) is 4.84. The van der Waals surface area contributed by atoms with Crippen molar-refractivity contribution < 1.29 is 9.53 Å². The molecule has 58 valence electrons. The summed E-state index contributed by atoms with van der Waals surface area (Å²) in [5, 5.41) is 0. The van der Waals surface area contributed by atoms with Crippen LogP contribution in [-0.4, -0.2) is 12.6 Å². The monoisotopic (exact) mass is 142 g/mol. The highest BCUT2D eigenvalue weighted by molar-refractivity contribution is 5.77. The van der Waals surface area contributed by atoms with Crippen LogP contribution >= 0.6 is 0 Å². The molecule has 0 spiro atoms. The second kappa shape index (κ2) is 3.59. The number of ether oxygens (including phenoxy) is 1. The van der Waals surface area contributed by atoms with Gasteiger partial charge in [0, 0.05) is 0 Å². The maximum atomic E-state index is 10.6. The van der Waals surface area contributed by atoms with E-state index in [2.05, 4.69) is 11.7 Å². The van der Waals surface area contributed by atoms with Gasteiger partial charge in [-0.3, -0.25) is 4.79 Å². The Hall–Kier alpha value is -0.530. The van der Waals surface area contributed by atoms with Crippen molar-refractivity contribution in [1.82, 2.24) is 0 Å². The zero-order chi connectivity index (χ0) is 7.40. The van der Waals surface area contributed by atoms with Gasteiger partial charge in [-0.05, 0) is 6.42 Å². The van der Waals surface area contributed by atoms with Gasteiger partial charge in [0.15, 0.2) is 0 Å². The van der Waals surface area contributed by atoms with Crippen molar-refractivity contribution in [3.63, 3.8) is 0 Å². The van der Waals surface area contributed by atoms with Crippen LogP contribution in [-0.2, 0) is 9.53 Å². The van der Waals surface area contributed by atoms with Crippen LogP contribution in [0.5, 0.6) is 0 Å². The molecule has 1 unspecified atom stereocenters. The van der Waals surface area contributed by atoms with Crippen LogP contribution < -0.4 is 0 Å². The molecule has 1 atom stereocenters. The Labute approximate surface area is 61.6 Å². The molecule has 0 N–H and O–H groups in total. The molecule has 10 heavy (non-hydrogen) atoms. The van der Waals surface area contributed by atoms with E-state index in [-0.39, 0.29) is 11.9 Å². The van der Waals surface area contributed by atoms with E-state index < -0.39 is 0 Å². The van der Waals surface area contributed by atoms with Crippen molar-refractivity contribution in [3.05, 3.63) is 0 Å². The summed E-state index contributed by atoms with van der Waals surface area (Å²) in [6.45, 7) is 2.83. The van der Waals surface area contributed by atoms with Gasteiger partial charge in [-0.25, -0.2) is 0 Å². The first-order valence-corrected chi connectivity index (χ1v) is 4.01. The molecule has 1 saturated heterocycles. The molecule has 0 bridgehead atoms. The predicted octanol–water partition coefficient (Wildman–Crippen LogP) is 1.74. The maximum absolute atomic E-state index is 10.6. The van der Waals surface area contributed by atoms with E-state index in [0.29, 0.717) is 6.61 Å². The molecule has 0 aliphatic carbocycles. The molecular weight excluding hydrogens is 128 g/mol. The zero-order valence-corrected chi connectivity index (χ0v) is 6.43. The van der Waals surface area contributed by atoms with E-state index in [1.807, 2.05) is 0 Å². The quantitative estimate of drug-likeness (QED) is 0.441. The summed E-state index contributed by atoms with van der Waals surface area (Å²) in [7, 11) is 0. The van der Waals surface area contributed by atoms with Crippen LogP contribution in [0.3, 0.4) is 0 Å². The van der Waals surface area contributed by atoms with Gasteiger partial charge in [-0.15, -0.1) is 0 Å². The molecule has 0 aromatic rings. The van der Waals surface area contributed by atoms with E-state index in [1.165, 1.54) is 19.3 Å². The molecule has 1 aliphatic rings. The Bertz CT molecular complexity index is 120. The lowest BCUT2D eigenvalue weighted by Gasteiger charge is -2.23. The summed E-state index contributed by atoms with van der Waals surface area (Å²) in [5.74, 6) is 0.252. The third-order valence-corrected chi connectivity index (χ3v) is 1.92. The normalized spacial score (nSPS) is 23.7. The Balaban J connectivity index is 1.98. The fraction of sp³-hybridized carbons (Fsp3) is 0.875. The Morgan fingerprint density at radius 1 is 1.60 bits per heavy atom. The predicted molar refractivity (Wildman–Crippen MR) is 38.6 cm³/mol. The lowest BCUT2D eigenvalue weighted by Crippen LogP contribution is -2.34. The number of hydrogen-bond acceptors (Lipinski definition) is 2. The number of cyclic esters (lactones) is 1. The highest BCUT2D eigenvalue weighted by Gasteiger charge is 2.29. The van der Waals surface area contributed by atoms with Gasteiger partial charge < -0.3 is 4.74 Å². The van der Waals surface area contributed by atoms with Crippen LogP contribution in [0.15, 0.2) is 0 Å². The minimum absolute atomic E-state index is 0.0103. The largest absolute Gasteiger partial charge is 0.464 e. The second-order valence-corrected chi connectivity index (χ2v) is 2.82. The lowest BCUT2D eigenvalue weighted by molar-refractivity contribution is -0.169. The first-order valence-electron chi connectivity index (χ1n) is 4.01. The second-order valence-electron chi connectivity index (χ2n) is 2.82. The Morgan fingerprint density at radius 3 is 2.80 bits per heavy atom. The van der Waals surface area contributed by atoms with Crippen molar-refractivity contribution >= 4 is 5.97 Å². The fourth-order valence-corrected chi connectivity index (χ4v) is 1.11. The van der Waals surface area contributed by atoms with Crippen LogP contribution in [0.25, 0.3) is 0 Å². The zero-order valence-electron chi connectivity index (χ0n) is 6.43. The molecular formula is C8H14O2. The summed E-state index contributed by atoms with van der Waals surface area (Å²) in [4.78, 5) is 10.6. The van der Waals surface area contributed by atoms with E-state index >= 15 is 0 Å². The topological polar surface area (TPSA) is 26.3 Å². The van der Waals surface area contributed by atoms with E-state index in [1.54, 1.807) is 0 Å². The summed E-state index contributed by atoms with van der Waals surface area (Å²) < 4.78 is 4.63. The molecule has 2 heteroatoms. The Kier molecular flexibility index (Phi) is 2.72. The van der Waals surface area contributed by atoms with Gasteiger partial charge in [0.25, 0.3) is 0 Å². The molecule has 0 amide bonds. The van der Waals surface area contributed by atoms with E-state index in [4.69, 9.17) is 0 Å². The van der Waals surface area contributed by atoms with Crippen LogP contribution in [0.4, 0.5) is 0 Å². The summed E-state index contributed by atoms with van der Waals surface area (Å²) in [5.41, 5.74) is 0. The SMILES string of the molecule is CCCCCC1COC1=O. The molecule has 1 aliphatic heterocycles. The summed E-state index contributed by atoms with van der Waals surface area (Å²) in [6.07, 6.45) is 4.68. The van der Waals surface area contributed by atoms with Crippen LogP contribution in [0, 0.1) is 5.92 Å². The third-order valence-electron chi connectivity index (χ3n) is 1.92. The van der Waals surface area contributed by atoms with Gasteiger partial charge in [-0.1, -0.05) is 26.2 Å². The van der Waals surface area contributed by atoms with Crippen LogP contribution in [0.2, 0.25) is 0 Å². The van der Waals surface area contributed by atoms with Gasteiger partial charge in [0.05, 0.1) is 5.92 Å². The van der Waals surface area contributed by atoms with Gasteiger partial charge >= 0.3 is 5.97 Å². The highest BCUT2D eigenvalue weighted by Crippen LogP contribution is 2.19. The molecule has 0 aromatic carbocycles. The molecule has 1 heterocycles. The van der Waals surface area contributed by atoms with Crippen LogP contribution in [0.1, 0.15) is 32.6 Å². The number of unbranched alkanes of at least 4 members (excludes halogenated alkanes) is 2. The minimum Gasteiger partial charge on any atom is -0.464 e. The van der Waals surface area contributed by atoms with Crippen molar-refractivity contribution in [2.75, 3.05) is 6.61 Å². The molecule has 0 saturated carbocycles. The average molecular weight is 142 g/mol. The average Bonchev–Trinajstić information content (AvgIpc) is 1.95. The molecule has 0 aromatic heterocycles. The van der Waals surface area contributed by atoms with Gasteiger partial charge in [0.1, 0.15) is 6.61 Å². The van der Waals surface area contributed by atoms with Crippen molar-refractivity contribution in [2.24, 2.45) is 5.92 Å². The van der Waals surface area contributed by atoms with Gasteiger partial charge in [-0.2, -0.15) is 0 Å². The summed E-state index contributed by atoms with van der Waals surface area (Å²) in [6, 6.07) is 0. The minimum atomic E-state index is 0.0103. The number of hydrogen-bond donors (Lipinski definition) is 0. The number of carbonyl (C=O) groups excluding carboxylic acids is 1. The maximum Gasteiger partial charge on any atom is 0.312 e. The first kappa shape index (κ1) is 7.58. The van der Waals surface area contributed by atoms with Crippen molar-refractivity contribution in [2.45, 2.75) is 32.6 Å². The fourth-order valence-electron chi connectivity index (χ4n) is 1.11. The molecule has 1 fully saturated rings.